The van der Waals surface area contributed by atoms with E-state index < -0.39 is 16.1 Å². The van der Waals surface area contributed by atoms with Crippen molar-refractivity contribution in [2.45, 2.75) is 0 Å². The van der Waals surface area contributed by atoms with Crippen LogP contribution in [0.15, 0.2) is 309 Å². The molecule has 5 heteroatoms. The molecule has 1 nitrogen and oxygen atoms in total. The molecule has 83 heavy (non-hydrogen) atoms. The van der Waals surface area contributed by atoms with Gasteiger partial charge < -0.3 is 0 Å². The minimum atomic E-state index is -3.59. The van der Waals surface area contributed by atoms with Crippen LogP contribution in [0.1, 0.15) is 0 Å². The normalized spacial score (nSPS) is 12.7. The number of rotatable bonds is 9. The van der Waals surface area contributed by atoms with Crippen LogP contribution in [0.3, 0.4) is 0 Å². The van der Waals surface area contributed by atoms with E-state index in [0.29, 0.717) is 0 Å². The van der Waals surface area contributed by atoms with E-state index in [2.05, 4.69) is 314 Å². The van der Waals surface area contributed by atoms with Gasteiger partial charge in [0.25, 0.3) is 0 Å². The van der Waals surface area contributed by atoms with Crippen LogP contribution in [0.25, 0.3) is 100 Å². The minimum absolute atomic E-state index is 1.18. The summed E-state index contributed by atoms with van der Waals surface area (Å²) in [5.74, 6) is 0. The first-order valence-electron chi connectivity index (χ1n) is 29.0. The van der Waals surface area contributed by atoms with Gasteiger partial charge in [0.1, 0.15) is 0 Å². The van der Waals surface area contributed by atoms with Crippen molar-refractivity contribution in [1.82, 2.24) is 4.57 Å². The van der Waals surface area contributed by atoms with E-state index in [0.717, 1.165) is 0 Å². The van der Waals surface area contributed by atoms with Crippen molar-refractivity contribution in [3.8, 4) is 5.69 Å². The zero-order chi connectivity index (χ0) is 54.6. The predicted octanol–water partition coefficient (Wildman–Crippen LogP) is 15.2. The van der Waals surface area contributed by atoms with Crippen molar-refractivity contribution >= 4 is 175 Å². The molecule has 0 saturated carbocycles. The third-order valence-corrected chi connectivity index (χ3v) is 32.5. The first-order chi connectivity index (χ1) is 41.2. The van der Waals surface area contributed by atoms with Gasteiger partial charge in [-0.2, -0.15) is 0 Å². The van der Waals surface area contributed by atoms with Gasteiger partial charge in [-0.3, -0.25) is 0 Å². The third kappa shape index (κ3) is 7.09. The molecule has 0 aliphatic heterocycles. The molecule has 0 aliphatic rings. The van der Waals surface area contributed by atoms with E-state index >= 15 is 0 Å². The van der Waals surface area contributed by atoms with Crippen LogP contribution in [0.2, 0.25) is 0 Å². The van der Waals surface area contributed by atoms with Gasteiger partial charge in [0.15, 0.2) is 0 Å². The standard InChI is InChI=1S/C78H53NS2Si2/c1-5-24-53(25-6-1)82(54-26-7-2-8-27-54,57-32-21-23-52(49-57)79-72-39-18-15-35-64(72)67-47-48-69-66-37-17-20-41-74(66)81-78(69)76(67)79)58-43-45-62-63-46-44-59(51-71(63)61-34-14-13-33-60(61)70(62)50-58)83(55-28-9-3-10-29-55,56-30-11-4-12-31-56)75-42-22-38-68-65-36-16-19-40-73(65)80-77(68)75/h1-51,82-83H/q-2. The molecule has 3 aromatic heterocycles. The summed E-state index contributed by atoms with van der Waals surface area (Å²) in [5, 5.41) is 26.7. The van der Waals surface area contributed by atoms with Gasteiger partial charge in [-0.05, 0) is 0 Å². The van der Waals surface area contributed by atoms with Gasteiger partial charge in [0.05, 0.1) is 0 Å². The molecule has 0 atom stereocenters. The van der Waals surface area contributed by atoms with E-state index in [9.17, 15) is 0 Å². The van der Waals surface area contributed by atoms with Crippen LogP contribution < -0.4 is 41.5 Å². The molecule has 0 bridgehead atoms. The average Bonchev–Trinajstić information content (AvgIpc) is 2.26. The number of aromatic nitrogens is 1. The summed E-state index contributed by atoms with van der Waals surface area (Å²) in [4.78, 5) is 0. The Balaban J connectivity index is 0.927. The summed E-state index contributed by atoms with van der Waals surface area (Å²) in [6.07, 6.45) is 0. The first kappa shape index (κ1) is 48.3. The number of thiophene rings is 2. The molecule has 17 aromatic rings. The van der Waals surface area contributed by atoms with Gasteiger partial charge >= 0.3 is 494 Å². The number of hydrogen-bond donors (Lipinski definition) is 0. The number of para-hydroxylation sites is 1. The van der Waals surface area contributed by atoms with Crippen molar-refractivity contribution < 1.29 is 0 Å². The van der Waals surface area contributed by atoms with Crippen molar-refractivity contribution in [3.63, 3.8) is 0 Å². The van der Waals surface area contributed by atoms with E-state index in [1.165, 1.54) is 142 Å². The zero-order valence-corrected chi connectivity index (χ0v) is 49.3. The molecule has 0 spiro atoms. The van der Waals surface area contributed by atoms with Gasteiger partial charge in [0, 0.05) is 0 Å². The number of benzene rings is 14. The SMILES string of the molecule is c1ccc([SiH-](c2ccccc2)(c2cccc(-n3c4ccccc4c4ccc5c6ccccc6sc5c43)c2)c2ccc3c4ccc([SiH-](c5ccccc5)(c5ccccc5)c5cccc6c5sc5ccccc56)cc4c4ccccc4c3c2)cc1. The second kappa shape index (κ2) is 19.1. The fraction of sp³-hybridized carbons (Fsp3) is 0. The second-order valence-electron chi connectivity index (χ2n) is 22.7. The summed E-state index contributed by atoms with van der Waals surface area (Å²) in [7, 11) is -7.07. The Morgan fingerprint density at radius 3 is 1.19 bits per heavy atom. The summed E-state index contributed by atoms with van der Waals surface area (Å²) in [6, 6.07) is 119. The van der Waals surface area contributed by atoms with E-state index in [1.54, 1.807) is 0 Å². The second-order valence-corrected chi connectivity index (χ2v) is 33.6. The topological polar surface area (TPSA) is 4.93 Å². The molecule has 0 unspecified atom stereocenters. The fourth-order valence-corrected chi connectivity index (χ4v) is 29.5. The molecule has 17 rings (SSSR count). The van der Waals surface area contributed by atoms with Crippen molar-refractivity contribution in [2.24, 2.45) is 0 Å². The zero-order valence-electron chi connectivity index (χ0n) is 45.4. The molecule has 0 N–H and O–H groups in total. The maximum absolute atomic E-state index is 3.59. The van der Waals surface area contributed by atoms with Gasteiger partial charge in [-0.25, -0.2) is 0 Å². The third-order valence-electron chi connectivity index (χ3n) is 18.8. The Bertz CT molecular complexity index is 5300. The van der Waals surface area contributed by atoms with Crippen LogP contribution >= 0.6 is 22.7 Å². The summed E-state index contributed by atoms with van der Waals surface area (Å²) in [5.41, 5.74) is 3.67. The number of fused-ring (bicyclic) bond motifs is 16. The molecule has 3 heterocycles. The van der Waals surface area contributed by atoms with Crippen LogP contribution in [0.4, 0.5) is 0 Å². The average molecular weight is 1120 g/mol. The Labute approximate surface area is 490 Å². The van der Waals surface area contributed by atoms with Crippen LogP contribution in [-0.4, -0.2) is 20.7 Å². The number of nitrogens with zero attached hydrogens (tertiary/aromatic N) is 1. The first-order valence-corrected chi connectivity index (χ1v) is 35.2. The molecule has 0 radical (unpaired) electrons. The van der Waals surface area contributed by atoms with Crippen LogP contribution in [-0.2, 0) is 0 Å². The quantitative estimate of drug-likeness (QED) is 0.0771. The van der Waals surface area contributed by atoms with Crippen LogP contribution in [0.5, 0.6) is 0 Å². The Hall–Kier alpha value is -9.47. The van der Waals surface area contributed by atoms with Crippen molar-refractivity contribution in [2.75, 3.05) is 0 Å². The predicted molar refractivity (Wildman–Crippen MR) is 369 cm³/mol. The van der Waals surface area contributed by atoms with E-state index in [4.69, 9.17) is 0 Å². The fourth-order valence-electron chi connectivity index (χ4n) is 15.3. The van der Waals surface area contributed by atoms with Crippen LogP contribution in [0, 0.1) is 0 Å². The van der Waals surface area contributed by atoms with Crippen molar-refractivity contribution in [1.29, 1.82) is 0 Å². The van der Waals surface area contributed by atoms with Gasteiger partial charge in [-0.15, -0.1) is 0 Å². The van der Waals surface area contributed by atoms with Crippen molar-refractivity contribution in [3.05, 3.63) is 309 Å². The summed E-state index contributed by atoms with van der Waals surface area (Å²) in [6.45, 7) is 0. The molecular formula is C78H53NS2Si2-2. The van der Waals surface area contributed by atoms with E-state index in [1.807, 2.05) is 22.7 Å². The monoisotopic (exact) mass is 1120 g/mol. The number of hydrogen-bond acceptors (Lipinski definition) is 2. The summed E-state index contributed by atoms with van der Waals surface area (Å²) < 4.78 is 7.92. The molecule has 0 saturated heterocycles. The Morgan fingerprint density at radius 1 is 0.229 bits per heavy atom. The summed E-state index contributed by atoms with van der Waals surface area (Å²) >= 11 is 3.86. The van der Waals surface area contributed by atoms with E-state index in [-0.39, 0.29) is 0 Å². The molecule has 0 fully saturated rings. The maximum atomic E-state index is 2.61. The van der Waals surface area contributed by atoms with Gasteiger partial charge in [0.2, 0.25) is 0 Å². The molecule has 14 aromatic carbocycles. The molecule has 0 amide bonds. The Morgan fingerprint density at radius 2 is 0.614 bits per heavy atom. The molecule has 0 aliphatic carbocycles. The Kier molecular flexibility index (Phi) is 11.1. The van der Waals surface area contributed by atoms with Gasteiger partial charge in [-0.1, -0.05) is 0 Å². The molecular weight excluding hydrogens is 1070 g/mol. The molecule has 392 valence electrons.